The summed E-state index contributed by atoms with van der Waals surface area (Å²) in [6, 6.07) is 4.53. The Morgan fingerprint density at radius 2 is 2.24 bits per heavy atom. The van der Waals surface area contributed by atoms with Gasteiger partial charge in [0.05, 0.1) is 11.9 Å². The Balaban J connectivity index is 2.05. The molecule has 1 atom stereocenters. The lowest BCUT2D eigenvalue weighted by molar-refractivity contribution is 0.146. The van der Waals surface area contributed by atoms with E-state index in [0.29, 0.717) is 5.82 Å². The Morgan fingerprint density at radius 3 is 2.90 bits per heavy atom. The van der Waals surface area contributed by atoms with Crippen LogP contribution in [0.15, 0.2) is 35.5 Å². The lowest BCUT2D eigenvalue weighted by Gasteiger charge is -2.25. The minimum Gasteiger partial charge on any atom is -0.302 e. The topological polar surface area (TPSA) is 70.8 Å². The van der Waals surface area contributed by atoms with Gasteiger partial charge in [-0.2, -0.15) is 5.10 Å². The highest BCUT2D eigenvalue weighted by atomic mass is 32.2. The molecule has 2 aromatic heterocycles. The summed E-state index contributed by atoms with van der Waals surface area (Å²) in [5.74, 6) is 0.404. The largest absolute Gasteiger partial charge is 0.302 e. The molecule has 3 rings (SSSR count). The van der Waals surface area contributed by atoms with Crippen molar-refractivity contribution in [2.75, 3.05) is 4.90 Å². The maximum Gasteiger partial charge on any atom is 0.280 e. The second-order valence-corrected chi connectivity index (χ2v) is 5.82. The lowest BCUT2D eigenvalue weighted by atomic mass is 10.2. The second-order valence-electron chi connectivity index (χ2n) is 4.49. The van der Waals surface area contributed by atoms with Gasteiger partial charge in [0.25, 0.3) is 6.43 Å². The maximum atomic E-state index is 12.8. The van der Waals surface area contributed by atoms with E-state index in [-0.39, 0.29) is 5.69 Å². The zero-order valence-corrected chi connectivity index (χ0v) is 11.9. The number of nitrogens with zero attached hydrogens (tertiary/aromatic N) is 3. The van der Waals surface area contributed by atoms with Crippen molar-refractivity contribution >= 4 is 23.3 Å². The Kier molecular flexibility index (Phi) is 3.64. The van der Waals surface area contributed by atoms with Crippen molar-refractivity contribution in [3.63, 3.8) is 0 Å². The van der Waals surface area contributed by atoms with Gasteiger partial charge in [-0.05, 0) is 19.1 Å². The summed E-state index contributed by atoms with van der Waals surface area (Å²) in [5, 5.41) is 6.67. The van der Waals surface area contributed by atoms with Crippen molar-refractivity contribution in [1.82, 2.24) is 15.2 Å². The molecule has 3 N–H and O–H groups in total. The molecule has 0 saturated carbocycles. The number of halogens is 2. The minimum absolute atomic E-state index is 0.263. The molecule has 0 amide bonds. The van der Waals surface area contributed by atoms with E-state index in [1.807, 2.05) is 6.92 Å². The van der Waals surface area contributed by atoms with E-state index in [4.69, 9.17) is 5.73 Å². The predicted octanol–water partition coefficient (Wildman–Crippen LogP) is 2.93. The van der Waals surface area contributed by atoms with Crippen LogP contribution in [0.25, 0.3) is 5.70 Å². The van der Waals surface area contributed by atoms with Gasteiger partial charge in [-0.1, -0.05) is 17.8 Å². The Morgan fingerprint density at radius 1 is 1.43 bits per heavy atom. The summed E-state index contributed by atoms with van der Waals surface area (Å²) in [7, 11) is 0. The van der Waals surface area contributed by atoms with E-state index in [9.17, 15) is 8.78 Å². The molecule has 8 heteroatoms. The van der Waals surface area contributed by atoms with Gasteiger partial charge in [-0.15, -0.1) is 0 Å². The first-order valence-corrected chi connectivity index (χ1v) is 7.12. The van der Waals surface area contributed by atoms with Crippen molar-refractivity contribution in [2.45, 2.75) is 18.8 Å². The molecule has 0 bridgehead atoms. The molecule has 0 aromatic carbocycles. The molecule has 0 spiro atoms. The number of allylic oxidation sites excluding steroid dienone is 1. The normalized spacial score (nSPS) is 18.9. The molecular formula is C13H13F2N5S. The number of pyridine rings is 1. The van der Waals surface area contributed by atoms with E-state index in [1.54, 1.807) is 29.4 Å². The number of nitrogens with one attached hydrogen (secondary N) is 1. The smallest absolute Gasteiger partial charge is 0.280 e. The summed E-state index contributed by atoms with van der Waals surface area (Å²) in [6.45, 7) is 1.93. The molecule has 0 fully saturated rings. The summed E-state index contributed by atoms with van der Waals surface area (Å²) in [4.78, 5) is 6.76. The number of hydrogen-bond donors (Lipinski definition) is 2. The van der Waals surface area contributed by atoms with E-state index in [0.717, 1.165) is 16.2 Å². The molecule has 2 aromatic rings. The van der Waals surface area contributed by atoms with E-state index in [1.165, 1.54) is 17.8 Å². The number of rotatable bonds is 3. The molecular weight excluding hydrogens is 296 g/mol. The highest BCUT2D eigenvalue weighted by Crippen LogP contribution is 2.42. The van der Waals surface area contributed by atoms with Gasteiger partial charge in [0.2, 0.25) is 0 Å². The first-order valence-electron chi connectivity index (χ1n) is 6.24. The number of aromatic nitrogens is 3. The zero-order valence-electron chi connectivity index (χ0n) is 11.1. The minimum atomic E-state index is -2.61. The van der Waals surface area contributed by atoms with Crippen molar-refractivity contribution in [1.29, 1.82) is 0 Å². The number of aromatic amines is 1. The molecule has 21 heavy (non-hydrogen) atoms. The highest BCUT2D eigenvalue weighted by Gasteiger charge is 2.31. The molecule has 110 valence electrons. The SMILES string of the molecule is CC1=C(c2cn[nH]c2)N(c2cccc(C(F)F)n2)C(N)S1. The predicted molar refractivity (Wildman–Crippen MR) is 78.4 cm³/mol. The number of nitrogens with two attached hydrogens (primary N) is 1. The average Bonchev–Trinajstić information content (AvgIpc) is 3.06. The summed E-state index contributed by atoms with van der Waals surface area (Å²) in [5.41, 5.74) is 7.12. The molecule has 1 aliphatic rings. The van der Waals surface area contributed by atoms with Crippen LogP contribution in [0, 0.1) is 0 Å². The lowest BCUT2D eigenvalue weighted by Crippen LogP contribution is -2.35. The first-order chi connectivity index (χ1) is 10.1. The Bertz CT molecular complexity index is 671. The molecule has 0 radical (unpaired) electrons. The highest BCUT2D eigenvalue weighted by molar-refractivity contribution is 8.04. The fourth-order valence-corrected chi connectivity index (χ4v) is 3.26. The quantitative estimate of drug-likeness (QED) is 0.912. The van der Waals surface area contributed by atoms with Gasteiger partial charge < -0.3 is 5.73 Å². The maximum absolute atomic E-state index is 12.8. The molecule has 0 aliphatic carbocycles. The van der Waals surface area contributed by atoms with Crippen LogP contribution in [0.4, 0.5) is 14.6 Å². The number of alkyl halides is 2. The van der Waals surface area contributed by atoms with Gasteiger partial charge in [-0.3, -0.25) is 10.00 Å². The molecule has 1 unspecified atom stereocenters. The third-order valence-electron chi connectivity index (χ3n) is 3.12. The van der Waals surface area contributed by atoms with Crippen molar-refractivity contribution in [3.8, 4) is 0 Å². The summed E-state index contributed by atoms with van der Waals surface area (Å²) < 4.78 is 25.7. The molecule has 1 aliphatic heterocycles. The number of anilines is 1. The van der Waals surface area contributed by atoms with Gasteiger partial charge in [0.1, 0.15) is 17.0 Å². The van der Waals surface area contributed by atoms with Gasteiger partial charge >= 0.3 is 0 Å². The fraction of sp³-hybridized carbons (Fsp3) is 0.231. The Labute approximate surface area is 124 Å². The van der Waals surface area contributed by atoms with E-state index < -0.39 is 11.9 Å². The van der Waals surface area contributed by atoms with Crippen LogP contribution in [0.3, 0.4) is 0 Å². The molecule has 5 nitrogen and oxygen atoms in total. The Hall–Kier alpha value is -1.93. The van der Waals surface area contributed by atoms with Gasteiger partial charge in [-0.25, -0.2) is 13.8 Å². The number of hydrogen-bond acceptors (Lipinski definition) is 5. The number of H-pyrrole nitrogens is 1. The van der Waals surface area contributed by atoms with Gasteiger partial charge in [0, 0.05) is 16.7 Å². The summed E-state index contributed by atoms with van der Waals surface area (Å²) in [6.07, 6.45) is 0.793. The molecule has 3 heterocycles. The number of thioether (sulfide) groups is 1. The van der Waals surface area contributed by atoms with Gasteiger partial charge in [0.15, 0.2) is 0 Å². The fourth-order valence-electron chi connectivity index (χ4n) is 2.25. The van der Waals surface area contributed by atoms with E-state index in [2.05, 4.69) is 15.2 Å². The van der Waals surface area contributed by atoms with Crippen LogP contribution in [-0.2, 0) is 0 Å². The summed E-state index contributed by atoms with van der Waals surface area (Å²) >= 11 is 1.46. The standard InChI is InChI=1S/C13H13F2N5S/c1-7-11(8-5-17-18-6-8)20(13(16)21-7)10-4-2-3-9(19-10)12(14)15/h2-6,12-13H,16H2,1H3,(H,17,18). The van der Waals surface area contributed by atoms with Crippen LogP contribution < -0.4 is 10.6 Å². The third-order valence-corrected chi connectivity index (χ3v) is 4.12. The van der Waals surface area contributed by atoms with Crippen LogP contribution in [-0.4, -0.2) is 20.7 Å². The first kappa shape index (κ1) is 14.0. The average molecular weight is 309 g/mol. The van der Waals surface area contributed by atoms with Crippen molar-refractivity contribution < 1.29 is 8.78 Å². The second kappa shape index (κ2) is 5.45. The van der Waals surface area contributed by atoms with Crippen molar-refractivity contribution in [3.05, 3.63) is 46.8 Å². The monoisotopic (exact) mass is 309 g/mol. The van der Waals surface area contributed by atoms with Crippen molar-refractivity contribution in [2.24, 2.45) is 5.73 Å². The zero-order chi connectivity index (χ0) is 15.0. The van der Waals surface area contributed by atoms with Crippen LogP contribution in [0.5, 0.6) is 0 Å². The van der Waals surface area contributed by atoms with Crippen LogP contribution >= 0.6 is 11.8 Å². The third kappa shape index (κ3) is 2.52. The van der Waals surface area contributed by atoms with E-state index >= 15 is 0 Å². The van der Waals surface area contributed by atoms with Crippen LogP contribution in [0.2, 0.25) is 0 Å². The van der Waals surface area contributed by atoms with Crippen LogP contribution in [0.1, 0.15) is 24.6 Å². The molecule has 0 saturated heterocycles.